The van der Waals surface area contributed by atoms with Gasteiger partial charge >= 0.3 is 0 Å². The average Bonchev–Trinajstić information content (AvgIpc) is 2.80. The molecule has 2 rings (SSSR count). The van der Waals surface area contributed by atoms with Crippen molar-refractivity contribution in [2.24, 2.45) is 0 Å². The van der Waals surface area contributed by atoms with Crippen LogP contribution >= 0.6 is 0 Å². The molecule has 0 saturated heterocycles. The van der Waals surface area contributed by atoms with Gasteiger partial charge in [0.15, 0.2) is 0 Å². The van der Waals surface area contributed by atoms with Crippen molar-refractivity contribution < 1.29 is 28.5 Å². The fourth-order valence-electron chi connectivity index (χ4n) is 2.81. The highest BCUT2D eigenvalue weighted by atomic mass is 16.5. The van der Waals surface area contributed by atoms with E-state index in [-0.39, 0.29) is 11.8 Å². The monoisotopic (exact) mass is 416 g/mol. The molecule has 0 aliphatic carbocycles. The van der Waals surface area contributed by atoms with Crippen molar-refractivity contribution in [3.05, 3.63) is 47.5 Å². The summed E-state index contributed by atoms with van der Waals surface area (Å²) >= 11 is 0. The first-order valence-corrected chi connectivity index (χ1v) is 9.30. The number of likely N-dealkylation sites (N-methyl/N-ethyl adjacent to an activating group) is 2. The summed E-state index contributed by atoms with van der Waals surface area (Å²) < 4.78 is 20.9. The summed E-state index contributed by atoms with van der Waals surface area (Å²) in [6.45, 7) is 0.698. The third kappa shape index (κ3) is 5.56. The number of benzene rings is 2. The first kappa shape index (κ1) is 22.9. The highest BCUT2D eigenvalue weighted by Gasteiger charge is 2.18. The van der Waals surface area contributed by atoms with Crippen molar-refractivity contribution in [3.8, 4) is 23.0 Å². The summed E-state index contributed by atoms with van der Waals surface area (Å²) in [5, 5.41) is 0. The van der Waals surface area contributed by atoms with Crippen molar-refractivity contribution >= 4 is 11.8 Å². The van der Waals surface area contributed by atoms with E-state index in [0.29, 0.717) is 47.2 Å². The second-order valence-corrected chi connectivity index (χ2v) is 6.66. The van der Waals surface area contributed by atoms with Crippen LogP contribution in [0.2, 0.25) is 0 Å². The molecule has 0 saturated carbocycles. The Labute approximate surface area is 176 Å². The number of rotatable bonds is 9. The van der Waals surface area contributed by atoms with E-state index in [2.05, 4.69) is 0 Å². The third-order valence-corrected chi connectivity index (χ3v) is 4.66. The maximum atomic E-state index is 12.8. The Kier molecular flexibility index (Phi) is 7.91. The van der Waals surface area contributed by atoms with Crippen LogP contribution in [0.5, 0.6) is 23.0 Å². The van der Waals surface area contributed by atoms with Crippen LogP contribution in [0.15, 0.2) is 36.4 Å². The molecule has 2 aromatic rings. The maximum absolute atomic E-state index is 12.8. The number of hydrogen-bond donors (Lipinski definition) is 0. The lowest BCUT2D eigenvalue weighted by atomic mass is 10.1. The molecule has 0 heterocycles. The zero-order valence-corrected chi connectivity index (χ0v) is 18.2. The van der Waals surface area contributed by atoms with Crippen LogP contribution in [0, 0.1) is 0 Å². The van der Waals surface area contributed by atoms with Crippen molar-refractivity contribution in [1.82, 2.24) is 9.80 Å². The Morgan fingerprint density at radius 2 is 0.867 bits per heavy atom. The second kappa shape index (κ2) is 10.4. The van der Waals surface area contributed by atoms with Crippen LogP contribution in [0.1, 0.15) is 20.7 Å². The van der Waals surface area contributed by atoms with Gasteiger partial charge in [-0.15, -0.1) is 0 Å². The molecule has 2 amide bonds. The summed E-state index contributed by atoms with van der Waals surface area (Å²) in [7, 11) is 9.48. The molecule has 0 N–H and O–H groups in total. The van der Waals surface area contributed by atoms with Gasteiger partial charge in [-0.05, 0) is 24.3 Å². The molecule has 0 aromatic heterocycles. The molecular formula is C22H28N2O6. The third-order valence-electron chi connectivity index (χ3n) is 4.66. The van der Waals surface area contributed by atoms with Gasteiger partial charge in [-0.25, -0.2) is 0 Å². The number of methoxy groups -OCH3 is 4. The minimum absolute atomic E-state index is 0.198. The van der Waals surface area contributed by atoms with Gasteiger partial charge in [-0.2, -0.15) is 0 Å². The predicted molar refractivity (Wildman–Crippen MR) is 113 cm³/mol. The molecule has 0 spiro atoms. The van der Waals surface area contributed by atoms with Gasteiger partial charge < -0.3 is 28.7 Å². The van der Waals surface area contributed by atoms with Gasteiger partial charge in [0.2, 0.25) is 0 Å². The molecule has 8 nitrogen and oxygen atoms in total. The van der Waals surface area contributed by atoms with Gasteiger partial charge in [0, 0.05) is 50.4 Å². The number of hydrogen-bond acceptors (Lipinski definition) is 6. The van der Waals surface area contributed by atoms with Gasteiger partial charge in [0.05, 0.1) is 28.4 Å². The SMILES string of the molecule is COc1cc(OC)cc(C(=O)N(C)CCN(C)C(=O)c2cc(OC)cc(OC)c2)c1. The highest BCUT2D eigenvalue weighted by Crippen LogP contribution is 2.24. The Bertz CT molecular complexity index is 781. The van der Waals surface area contributed by atoms with Crippen LogP contribution < -0.4 is 18.9 Å². The van der Waals surface area contributed by atoms with Crippen molar-refractivity contribution in [2.45, 2.75) is 0 Å². The molecule has 0 unspecified atom stereocenters. The number of ether oxygens (including phenoxy) is 4. The van der Waals surface area contributed by atoms with Gasteiger partial charge in [0.1, 0.15) is 23.0 Å². The first-order valence-electron chi connectivity index (χ1n) is 9.30. The van der Waals surface area contributed by atoms with Crippen LogP contribution in [0.25, 0.3) is 0 Å². The molecule has 0 aliphatic rings. The van der Waals surface area contributed by atoms with E-state index in [1.54, 1.807) is 60.3 Å². The molecule has 0 aliphatic heterocycles. The molecular weight excluding hydrogens is 388 g/mol. The molecule has 2 aromatic carbocycles. The minimum atomic E-state index is -0.198. The maximum Gasteiger partial charge on any atom is 0.253 e. The average molecular weight is 416 g/mol. The van der Waals surface area contributed by atoms with E-state index in [9.17, 15) is 9.59 Å². The number of carbonyl (C=O) groups excluding carboxylic acids is 2. The summed E-state index contributed by atoms with van der Waals surface area (Å²) in [5.74, 6) is 1.73. The standard InChI is InChI=1S/C22H28N2O6/c1-23(21(25)15-9-17(27-3)13-18(10-15)28-4)7-8-24(2)22(26)16-11-19(29-5)14-20(12-16)30-6/h9-14H,7-8H2,1-6H3. The Morgan fingerprint density at radius 3 is 1.10 bits per heavy atom. The van der Waals surface area contributed by atoms with Crippen LogP contribution in [-0.2, 0) is 0 Å². The molecule has 0 atom stereocenters. The topological polar surface area (TPSA) is 77.5 Å². The van der Waals surface area contributed by atoms with Gasteiger partial charge in [-0.1, -0.05) is 0 Å². The number of amides is 2. The number of carbonyl (C=O) groups is 2. The number of nitrogens with zero attached hydrogens (tertiary/aromatic N) is 2. The lowest BCUT2D eigenvalue weighted by Crippen LogP contribution is -2.37. The normalized spacial score (nSPS) is 10.2. The predicted octanol–water partition coefficient (Wildman–Crippen LogP) is 2.57. The fraction of sp³-hybridized carbons (Fsp3) is 0.364. The lowest BCUT2D eigenvalue weighted by Gasteiger charge is -2.23. The zero-order valence-electron chi connectivity index (χ0n) is 18.2. The van der Waals surface area contributed by atoms with Crippen molar-refractivity contribution in [2.75, 3.05) is 55.6 Å². The van der Waals surface area contributed by atoms with E-state index in [4.69, 9.17) is 18.9 Å². The first-order chi connectivity index (χ1) is 14.3. The van der Waals surface area contributed by atoms with Crippen LogP contribution in [-0.4, -0.2) is 77.2 Å². The lowest BCUT2D eigenvalue weighted by molar-refractivity contribution is 0.0718. The Balaban J connectivity index is 2.06. The molecule has 8 heteroatoms. The van der Waals surface area contributed by atoms with E-state index in [1.165, 1.54) is 28.4 Å². The summed E-state index contributed by atoms with van der Waals surface area (Å²) in [5.41, 5.74) is 0.889. The molecule has 30 heavy (non-hydrogen) atoms. The van der Waals surface area contributed by atoms with Crippen LogP contribution in [0.3, 0.4) is 0 Å². The summed E-state index contributed by atoms with van der Waals surface area (Å²) in [6, 6.07) is 10.0. The molecule has 0 radical (unpaired) electrons. The Hall–Kier alpha value is -3.42. The highest BCUT2D eigenvalue weighted by molar-refractivity contribution is 5.96. The summed E-state index contributed by atoms with van der Waals surface area (Å²) in [4.78, 5) is 28.6. The van der Waals surface area contributed by atoms with E-state index < -0.39 is 0 Å². The van der Waals surface area contributed by atoms with Crippen molar-refractivity contribution in [3.63, 3.8) is 0 Å². The quantitative estimate of drug-likeness (QED) is 0.625. The fourth-order valence-corrected chi connectivity index (χ4v) is 2.81. The van der Waals surface area contributed by atoms with Gasteiger partial charge in [0.25, 0.3) is 11.8 Å². The molecule has 0 bridgehead atoms. The smallest absolute Gasteiger partial charge is 0.253 e. The van der Waals surface area contributed by atoms with E-state index >= 15 is 0 Å². The Morgan fingerprint density at radius 1 is 0.600 bits per heavy atom. The zero-order chi connectivity index (χ0) is 22.3. The summed E-state index contributed by atoms with van der Waals surface area (Å²) in [6.07, 6.45) is 0. The molecule has 162 valence electrons. The molecule has 0 fully saturated rings. The van der Waals surface area contributed by atoms with Gasteiger partial charge in [-0.3, -0.25) is 9.59 Å². The largest absolute Gasteiger partial charge is 0.497 e. The van der Waals surface area contributed by atoms with Crippen LogP contribution in [0.4, 0.5) is 0 Å². The van der Waals surface area contributed by atoms with Crippen molar-refractivity contribution in [1.29, 1.82) is 0 Å². The minimum Gasteiger partial charge on any atom is -0.497 e. The second-order valence-electron chi connectivity index (χ2n) is 6.66. The van der Waals surface area contributed by atoms with E-state index in [1.807, 2.05) is 0 Å². The van der Waals surface area contributed by atoms with E-state index in [0.717, 1.165) is 0 Å².